The van der Waals surface area contributed by atoms with E-state index in [1.54, 1.807) is 48.5 Å². The van der Waals surface area contributed by atoms with Gasteiger partial charge in [-0.25, -0.2) is 0 Å². The molecule has 0 amide bonds. The number of benzene rings is 2. The summed E-state index contributed by atoms with van der Waals surface area (Å²) in [6, 6.07) is 17.7. The number of hydrogen-bond donors (Lipinski definition) is 0. The minimum absolute atomic E-state index is 0. The van der Waals surface area contributed by atoms with Gasteiger partial charge in [0.15, 0.2) is 11.6 Å². The third-order valence-electron chi connectivity index (χ3n) is 2.51. The molecule has 2 aromatic carbocycles. The van der Waals surface area contributed by atoms with E-state index in [1.165, 1.54) is 0 Å². The standard InChI is InChI=1S/C15H12O2.Sr/c16-14(12-7-3-1-4-8-12)11-15(17)13-9-5-2-6-10-13;/h1-10H,11H2;/q;+2. The van der Waals surface area contributed by atoms with Crippen LogP contribution in [0.25, 0.3) is 0 Å². The molecule has 0 fully saturated rings. The Morgan fingerprint density at radius 3 is 1.33 bits per heavy atom. The van der Waals surface area contributed by atoms with Crippen LogP contribution in [0.3, 0.4) is 0 Å². The van der Waals surface area contributed by atoms with Gasteiger partial charge in [0.2, 0.25) is 0 Å². The van der Waals surface area contributed by atoms with Gasteiger partial charge < -0.3 is 0 Å². The predicted octanol–water partition coefficient (Wildman–Crippen LogP) is 2.76. The van der Waals surface area contributed by atoms with Crippen molar-refractivity contribution in [2.75, 3.05) is 0 Å². The summed E-state index contributed by atoms with van der Waals surface area (Å²) < 4.78 is 0. The van der Waals surface area contributed by atoms with Crippen LogP contribution in [-0.2, 0) is 0 Å². The molecule has 0 N–H and O–H groups in total. The van der Waals surface area contributed by atoms with Crippen LogP contribution < -0.4 is 0 Å². The molecular formula is C15H12O2Sr+2. The van der Waals surface area contributed by atoms with Gasteiger partial charge in [0.1, 0.15) is 0 Å². The number of ketones is 2. The van der Waals surface area contributed by atoms with Crippen LogP contribution in [0.4, 0.5) is 0 Å². The zero-order valence-electron chi connectivity index (χ0n) is 10.0. The molecule has 2 nitrogen and oxygen atoms in total. The zero-order valence-corrected chi connectivity index (χ0v) is 13.5. The van der Waals surface area contributed by atoms with Crippen LogP contribution in [0.1, 0.15) is 27.1 Å². The summed E-state index contributed by atoms with van der Waals surface area (Å²) >= 11 is 0. The molecule has 0 saturated heterocycles. The Kier molecular flexibility index (Phi) is 6.50. The summed E-state index contributed by atoms with van der Waals surface area (Å²) in [5.74, 6) is -0.279. The Morgan fingerprint density at radius 1 is 0.667 bits per heavy atom. The van der Waals surface area contributed by atoms with E-state index in [1.807, 2.05) is 12.1 Å². The fraction of sp³-hybridized carbons (Fsp3) is 0.0667. The van der Waals surface area contributed by atoms with Gasteiger partial charge in [0.25, 0.3) is 0 Å². The maximum atomic E-state index is 11.8. The topological polar surface area (TPSA) is 34.1 Å². The summed E-state index contributed by atoms with van der Waals surface area (Å²) in [7, 11) is 0. The molecule has 2 aromatic rings. The molecular weight excluding hydrogens is 300 g/mol. The van der Waals surface area contributed by atoms with Crippen molar-refractivity contribution in [1.29, 1.82) is 0 Å². The SMILES string of the molecule is O=C(CC(=O)c1ccccc1)c1ccccc1.[Sr+2]. The number of carbonyl (C=O) groups is 2. The van der Waals surface area contributed by atoms with Crippen LogP contribution in [-0.4, -0.2) is 57.0 Å². The summed E-state index contributed by atoms with van der Waals surface area (Å²) in [6.07, 6.45) is -0.0754. The minimum Gasteiger partial charge on any atom is -0.294 e. The van der Waals surface area contributed by atoms with Gasteiger partial charge in [-0.2, -0.15) is 0 Å². The maximum Gasteiger partial charge on any atom is 2.00 e. The van der Waals surface area contributed by atoms with Gasteiger partial charge in [0, 0.05) is 11.1 Å². The van der Waals surface area contributed by atoms with Crippen LogP contribution in [0.5, 0.6) is 0 Å². The van der Waals surface area contributed by atoms with E-state index in [2.05, 4.69) is 0 Å². The molecule has 0 aromatic heterocycles. The van der Waals surface area contributed by atoms with E-state index < -0.39 is 0 Å². The number of hydrogen-bond acceptors (Lipinski definition) is 2. The van der Waals surface area contributed by atoms with Crippen LogP contribution >= 0.6 is 0 Å². The first-order chi connectivity index (χ1) is 8.27. The monoisotopic (exact) mass is 312 g/mol. The Bertz CT molecular complexity index is 471. The van der Waals surface area contributed by atoms with Crippen molar-refractivity contribution in [2.24, 2.45) is 0 Å². The van der Waals surface area contributed by atoms with Crippen molar-refractivity contribution in [3.05, 3.63) is 71.8 Å². The fourth-order valence-corrected chi connectivity index (χ4v) is 1.60. The Morgan fingerprint density at radius 2 is 1.00 bits per heavy atom. The van der Waals surface area contributed by atoms with Crippen molar-refractivity contribution < 1.29 is 9.59 Å². The molecule has 0 heterocycles. The average Bonchev–Trinajstić information content (AvgIpc) is 2.40. The maximum absolute atomic E-state index is 11.8. The number of carbonyl (C=O) groups excluding carboxylic acids is 2. The minimum atomic E-state index is -0.139. The Labute approximate surface area is 143 Å². The second kappa shape index (κ2) is 7.64. The van der Waals surface area contributed by atoms with E-state index in [4.69, 9.17) is 0 Å². The van der Waals surface area contributed by atoms with Gasteiger partial charge in [-0.3, -0.25) is 9.59 Å². The number of Topliss-reactive ketones (excluding diaryl/α,β-unsaturated/α-hetero) is 2. The first-order valence-corrected chi connectivity index (χ1v) is 5.44. The van der Waals surface area contributed by atoms with E-state index in [0.717, 1.165) is 0 Å². The smallest absolute Gasteiger partial charge is 0.294 e. The Hall–Kier alpha value is -0.739. The van der Waals surface area contributed by atoms with E-state index >= 15 is 0 Å². The molecule has 0 unspecified atom stereocenters. The molecule has 0 saturated carbocycles. The van der Waals surface area contributed by atoms with Gasteiger partial charge >= 0.3 is 45.5 Å². The third kappa shape index (κ3) is 4.18. The van der Waals surface area contributed by atoms with Crippen LogP contribution in [0.2, 0.25) is 0 Å². The molecule has 0 aliphatic rings. The van der Waals surface area contributed by atoms with E-state index in [-0.39, 0.29) is 63.5 Å². The summed E-state index contributed by atoms with van der Waals surface area (Å²) in [5, 5.41) is 0. The summed E-state index contributed by atoms with van der Waals surface area (Å²) in [4.78, 5) is 23.6. The van der Waals surface area contributed by atoms with Gasteiger partial charge in [0.05, 0.1) is 6.42 Å². The van der Waals surface area contributed by atoms with Gasteiger partial charge in [-0.15, -0.1) is 0 Å². The first-order valence-electron chi connectivity index (χ1n) is 5.44. The normalized spacial score (nSPS) is 9.33. The molecule has 2 rings (SSSR count). The average molecular weight is 312 g/mol. The fourth-order valence-electron chi connectivity index (χ4n) is 1.60. The third-order valence-corrected chi connectivity index (χ3v) is 2.51. The molecule has 0 spiro atoms. The largest absolute Gasteiger partial charge is 2.00 e. The molecule has 0 aliphatic heterocycles. The van der Waals surface area contributed by atoms with Crippen molar-refractivity contribution in [2.45, 2.75) is 6.42 Å². The molecule has 3 heteroatoms. The quantitative estimate of drug-likeness (QED) is 0.494. The van der Waals surface area contributed by atoms with E-state index in [0.29, 0.717) is 11.1 Å². The molecule has 0 radical (unpaired) electrons. The second-order valence-corrected chi connectivity index (χ2v) is 3.76. The summed E-state index contributed by atoms with van der Waals surface area (Å²) in [6.45, 7) is 0. The molecule has 84 valence electrons. The van der Waals surface area contributed by atoms with Crippen molar-refractivity contribution in [3.8, 4) is 0 Å². The van der Waals surface area contributed by atoms with Crippen LogP contribution in [0.15, 0.2) is 60.7 Å². The van der Waals surface area contributed by atoms with Gasteiger partial charge in [-0.05, 0) is 0 Å². The van der Waals surface area contributed by atoms with Crippen LogP contribution in [0, 0.1) is 0 Å². The Balaban J connectivity index is 0.00000162. The molecule has 0 atom stereocenters. The van der Waals surface area contributed by atoms with E-state index in [9.17, 15) is 9.59 Å². The molecule has 0 bridgehead atoms. The molecule has 18 heavy (non-hydrogen) atoms. The summed E-state index contributed by atoms with van der Waals surface area (Å²) in [5.41, 5.74) is 1.16. The van der Waals surface area contributed by atoms with Crippen molar-refractivity contribution >= 4 is 57.0 Å². The first kappa shape index (κ1) is 15.3. The van der Waals surface area contributed by atoms with Crippen molar-refractivity contribution in [1.82, 2.24) is 0 Å². The second-order valence-electron chi connectivity index (χ2n) is 3.76. The molecule has 0 aliphatic carbocycles. The van der Waals surface area contributed by atoms with Crippen molar-refractivity contribution in [3.63, 3.8) is 0 Å². The van der Waals surface area contributed by atoms with Gasteiger partial charge in [-0.1, -0.05) is 60.7 Å². The zero-order chi connectivity index (χ0) is 12.1. The predicted molar refractivity (Wildman–Crippen MR) is 71.9 cm³/mol. The number of rotatable bonds is 4.